The molecule has 0 aliphatic rings. The van der Waals surface area contributed by atoms with Crippen LogP contribution < -0.4 is 0 Å². The number of furan rings is 2. The Morgan fingerprint density at radius 3 is 2.52 bits per heavy atom. The largest absolute Gasteiger partial charge is 0.455 e. The number of hydrogen-bond donors (Lipinski definition) is 0. The predicted molar refractivity (Wildman–Crippen MR) is 90.9 cm³/mol. The zero-order chi connectivity index (χ0) is 18.0. The van der Waals surface area contributed by atoms with Crippen molar-refractivity contribution in [2.75, 3.05) is 0 Å². The summed E-state index contributed by atoms with van der Waals surface area (Å²) in [4.78, 5) is 14.4. The van der Waals surface area contributed by atoms with Gasteiger partial charge in [-0.2, -0.15) is 5.26 Å². The third kappa shape index (κ3) is 3.19. The fourth-order valence-corrected chi connectivity index (χ4v) is 2.28. The fraction of sp³-hybridized carbons (Fsp3) is 0.111. The molecule has 0 unspecified atom stereocenters. The maximum atomic E-state index is 10.7. The first kappa shape index (κ1) is 16.2. The van der Waals surface area contributed by atoms with Crippen molar-refractivity contribution in [1.29, 1.82) is 5.26 Å². The second-order valence-corrected chi connectivity index (χ2v) is 5.34. The van der Waals surface area contributed by atoms with E-state index in [2.05, 4.69) is 11.1 Å². The van der Waals surface area contributed by atoms with Crippen LogP contribution in [0.15, 0.2) is 50.2 Å². The molecule has 0 aliphatic carbocycles. The van der Waals surface area contributed by atoms with Crippen molar-refractivity contribution in [2.24, 2.45) is 4.99 Å². The number of aryl methyl sites for hydroxylation is 1. The van der Waals surface area contributed by atoms with Crippen LogP contribution in [0.1, 0.15) is 22.6 Å². The number of non-ortho nitro benzene ring substituents is 1. The molecule has 2 aromatic heterocycles. The smallest absolute Gasteiger partial charge is 0.269 e. The molecule has 0 saturated heterocycles. The number of aliphatic imine (C=N–C) groups is 1. The molecule has 0 radical (unpaired) electrons. The minimum atomic E-state index is -0.454. The van der Waals surface area contributed by atoms with Crippen LogP contribution in [-0.2, 0) is 0 Å². The van der Waals surface area contributed by atoms with Gasteiger partial charge in [-0.25, -0.2) is 4.99 Å². The number of nitro benzene ring substituents is 1. The Balaban J connectivity index is 1.83. The molecule has 1 aromatic carbocycles. The standard InChI is InChI=1S/C18H13N3O4/c1-11-12(2)24-18(16(11)9-19)20-10-15-7-8-17(25-15)13-3-5-14(6-4-13)21(22)23/h3-8,10H,1-2H3/b20-10+. The molecule has 124 valence electrons. The lowest BCUT2D eigenvalue weighted by Gasteiger charge is -1.96. The number of nitrogens with zero attached hydrogens (tertiary/aromatic N) is 3. The van der Waals surface area contributed by atoms with Crippen LogP contribution >= 0.6 is 0 Å². The third-order valence-electron chi connectivity index (χ3n) is 3.78. The molecule has 3 aromatic rings. The Hall–Kier alpha value is -3.66. The number of nitriles is 1. The molecule has 3 rings (SSSR count). The molecule has 7 nitrogen and oxygen atoms in total. The Bertz CT molecular complexity index is 1000. The Labute approximate surface area is 143 Å². The summed E-state index contributed by atoms with van der Waals surface area (Å²) in [6, 6.07) is 11.6. The van der Waals surface area contributed by atoms with Crippen molar-refractivity contribution < 1.29 is 13.8 Å². The van der Waals surface area contributed by atoms with E-state index in [1.165, 1.54) is 18.3 Å². The molecular weight excluding hydrogens is 322 g/mol. The summed E-state index contributed by atoms with van der Waals surface area (Å²) in [5.74, 6) is 1.92. The van der Waals surface area contributed by atoms with Crippen LogP contribution in [0.5, 0.6) is 0 Å². The van der Waals surface area contributed by atoms with E-state index in [0.29, 0.717) is 28.4 Å². The van der Waals surface area contributed by atoms with Crippen molar-refractivity contribution in [3.05, 3.63) is 69.2 Å². The van der Waals surface area contributed by atoms with E-state index >= 15 is 0 Å². The van der Waals surface area contributed by atoms with E-state index in [1.807, 2.05) is 0 Å². The highest BCUT2D eigenvalue weighted by Crippen LogP contribution is 2.28. The molecule has 0 atom stereocenters. The lowest BCUT2D eigenvalue weighted by molar-refractivity contribution is -0.384. The number of rotatable bonds is 4. The highest BCUT2D eigenvalue weighted by molar-refractivity contribution is 5.80. The quantitative estimate of drug-likeness (QED) is 0.391. The van der Waals surface area contributed by atoms with Crippen molar-refractivity contribution in [3.63, 3.8) is 0 Å². The number of hydrogen-bond acceptors (Lipinski definition) is 6. The van der Waals surface area contributed by atoms with Gasteiger partial charge in [-0.1, -0.05) is 0 Å². The Morgan fingerprint density at radius 1 is 1.16 bits per heavy atom. The van der Waals surface area contributed by atoms with Crippen LogP contribution in [0.2, 0.25) is 0 Å². The highest BCUT2D eigenvalue weighted by Gasteiger charge is 2.13. The van der Waals surface area contributed by atoms with Crippen molar-refractivity contribution in [1.82, 2.24) is 0 Å². The first-order chi connectivity index (χ1) is 12.0. The molecule has 0 aliphatic heterocycles. The molecule has 7 heteroatoms. The first-order valence-corrected chi connectivity index (χ1v) is 7.38. The van der Waals surface area contributed by atoms with Gasteiger partial charge in [0.15, 0.2) is 0 Å². The molecule has 0 amide bonds. The lowest BCUT2D eigenvalue weighted by atomic mass is 10.1. The second-order valence-electron chi connectivity index (χ2n) is 5.34. The van der Waals surface area contributed by atoms with Crippen LogP contribution in [0.3, 0.4) is 0 Å². The van der Waals surface area contributed by atoms with Crippen LogP contribution in [0, 0.1) is 35.3 Å². The average molecular weight is 335 g/mol. The maximum absolute atomic E-state index is 10.7. The van der Waals surface area contributed by atoms with Crippen molar-refractivity contribution in [3.8, 4) is 17.4 Å². The van der Waals surface area contributed by atoms with Gasteiger partial charge in [0, 0.05) is 23.3 Å². The van der Waals surface area contributed by atoms with Gasteiger partial charge in [-0.05, 0) is 38.1 Å². The Kier molecular flexibility index (Phi) is 4.18. The molecule has 2 heterocycles. The van der Waals surface area contributed by atoms with Gasteiger partial charge < -0.3 is 8.83 Å². The molecule has 0 saturated carbocycles. The molecule has 0 spiro atoms. The molecule has 25 heavy (non-hydrogen) atoms. The highest BCUT2D eigenvalue weighted by atomic mass is 16.6. The predicted octanol–water partition coefficient (Wildman–Crippen LogP) is 4.69. The lowest BCUT2D eigenvalue weighted by Crippen LogP contribution is -1.86. The zero-order valence-corrected chi connectivity index (χ0v) is 13.5. The summed E-state index contributed by atoms with van der Waals surface area (Å²) in [7, 11) is 0. The fourth-order valence-electron chi connectivity index (χ4n) is 2.28. The van der Waals surface area contributed by atoms with Crippen molar-refractivity contribution in [2.45, 2.75) is 13.8 Å². The van der Waals surface area contributed by atoms with E-state index in [-0.39, 0.29) is 11.6 Å². The summed E-state index contributed by atoms with van der Waals surface area (Å²) >= 11 is 0. The van der Waals surface area contributed by atoms with E-state index in [1.54, 1.807) is 38.1 Å². The van der Waals surface area contributed by atoms with Gasteiger partial charge in [0.1, 0.15) is 28.9 Å². The first-order valence-electron chi connectivity index (χ1n) is 7.38. The average Bonchev–Trinajstić information content (AvgIpc) is 3.18. The van der Waals surface area contributed by atoms with Crippen molar-refractivity contribution >= 4 is 17.8 Å². The minimum absolute atomic E-state index is 0.0182. The van der Waals surface area contributed by atoms with Gasteiger partial charge in [0.25, 0.3) is 5.69 Å². The SMILES string of the molecule is Cc1oc(/N=C/c2ccc(-c3ccc([N+](=O)[O-])cc3)o2)c(C#N)c1C. The maximum Gasteiger partial charge on any atom is 0.269 e. The summed E-state index contributed by atoms with van der Waals surface area (Å²) in [5, 5.41) is 19.9. The zero-order valence-electron chi connectivity index (χ0n) is 13.5. The number of nitro groups is 1. The summed E-state index contributed by atoms with van der Waals surface area (Å²) in [6.07, 6.45) is 1.47. The van der Waals surface area contributed by atoms with E-state index in [9.17, 15) is 10.1 Å². The molecular formula is C18H13N3O4. The summed E-state index contributed by atoms with van der Waals surface area (Å²) in [5.41, 5.74) is 1.90. The summed E-state index contributed by atoms with van der Waals surface area (Å²) < 4.78 is 11.1. The topological polar surface area (TPSA) is 106 Å². The van der Waals surface area contributed by atoms with Gasteiger partial charge in [-0.3, -0.25) is 10.1 Å². The van der Waals surface area contributed by atoms with Crippen LogP contribution in [0.25, 0.3) is 11.3 Å². The van der Waals surface area contributed by atoms with E-state index in [4.69, 9.17) is 14.1 Å². The normalized spacial score (nSPS) is 10.9. The third-order valence-corrected chi connectivity index (χ3v) is 3.78. The van der Waals surface area contributed by atoms with Crippen LogP contribution in [-0.4, -0.2) is 11.1 Å². The Morgan fingerprint density at radius 2 is 1.88 bits per heavy atom. The monoisotopic (exact) mass is 335 g/mol. The number of benzene rings is 1. The molecule has 0 N–H and O–H groups in total. The molecule has 0 fully saturated rings. The van der Waals surface area contributed by atoms with E-state index in [0.717, 1.165) is 5.56 Å². The molecule has 0 bridgehead atoms. The second kappa shape index (κ2) is 6.45. The minimum Gasteiger partial charge on any atom is -0.455 e. The summed E-state index contributed by atoms with van der Waals surface area (Å²) in [6.45, 7) is 3.57. The van der Waals surface area contributed by atoms with Gasteiger partial charge >= 0.3 is 0 Å². The van der Waals surface area contributed by atoms with Gasteiger partial charge in [-0.15, -0.1) is 0 Å². The van der Waals surface area contributed by atoms with Crippen LogP contribution in [0.4, 0.5) is 11.6 Å². The van der Waals surface area contributed by atoms with E-state index < -0.39 is 4.92 Å². The van der Waals surface area contributed by atoms with Gasteiger partial charge in [0.2, 0.25) is 5.88 Å². The van der Waals surface area contributed by atoms with Gasteiger partial charge in [0.05, 0.1) is 11.1 Å².